The molecule has 0 aliphatic heterocycles. The van der Waals surface area contributed by atoms with E-state index in [1.165, 1.54) is 45.6 Å². The summed E-state index contributed by atoms with van der Waals surface area (Å²) >= 11 is 0. The minimum Gasteiger partial charge on any atom is -0.496 e. The highest BCUT2D eigenvalue weighted by Gasteiger charge is 2.50. The van der Waals surface area contributed by atoms with Crippen LogP contribution in [0.15, 0.2) is 60.8 Å². The first-order valence-corrected chi connectivity index (χ1v) is 14.0. The van der Waals surface area contributed by atoms with Crippen molar-refractivity contribution in [2.24, 2.45) is 0 Å². The van der Waals surface area contributed by atoms with Gasteiger partial charge in [-0.15, -0.1) is 13.2 Å². The predicted octanol–water partition coefficient (Wildman–Crippen LogP) is 6.03. The first kappa shape index (κ1) is 31.9. The van der Waals surface area contributed by atoms with Gasteiger partial charge in [-0.3, -0.25) is 0 Å². The van der Waals surface area contributed by atoms with E-state index < -0.39 is 17.9 Å². The summed E-state index contributed by atoms with van der Waals surface area (Å²) < 4.78 is 65.2. The maximum absolute atomic E-state index is 13.0. The monoisotopic (exact) mass is 625 g/mol. The summed E-state index contributed by atoms with van der Waals surface area (Å²) in [5, 5.41) is 13.0. The van der Waals surface area contributed by atoms with Crippen molar-refractivity contribution in [3.63, 3.8) is 0 Å². The zero-order chi connectivity index (χ0) is 32.5. The number of halogens is 3. The quantitative estimate of drug-likeness (QED) is 0.227. The van der Waals surface area contributed by atoms with Crippen LogP contribution in [-0.4, -0.2) is 75.4 Å². The lowest BCUT2D eigenvalue weighted by molar-refractivity contribution is -0.274. The Hall–Kier alpha value is -4.55. The maximum atomic E-state index is 13.0. The summed E-state index contributed by atoms with van der Waals surface area (Å²) in [5.41, 5.74) is 2.68. The van der Waals surface area contributed by atoms with Crippen molar-refractivity contribution in [1.29, 1.82) is 0 Å². The van der Waals surface area contributed by atoms with Crippen molar-refractivity contribution in [2.45, 2.75) is 24.3 Å². The van der Waals surface area contributed by atoms with E-state index in [4.69, 9.17) is 18.9 Å². The summed E-state index contributed by atoms with van der Waals surface area (Å²) in [5.74, 6) is 0.244. The molecule has 2 heterocycles. The smallest absolute Gasteiger partial charge is 0.496 e. The summed E-state index contributed by atoms with van der Waals surface area (Å²) in [6.07, 6.45) is -2.96. The number of aromatic nitrogens is 2. The average molecular weight is 626 g/mol. The molecule has 0 amide bonds. The lowest BCUT2D eigenvalue weighted by atomic mass is 9.64. The van der Waals surface area contributed by atoms with Crippen molar-refractivity contribution >= 4 is 0 Å². The summed E-state index contributed by atoms with van der Waals surface area (Å²) in [7, 11) is 9.89. The molecule has 0 saturated carbocycles. The lowest BCUT2D eigenvalue weighted by Gasteiger charge is -2.44. The Bertz CT molecular complexity index is 1680. The second-order valence-corrected chi connectivity index (χ2v) is 10.8. The van der Waals surface area contributed by atoms with Crippen LogP contribution in [0.25, 0.3) is 22.3 Å². The van der Waals surface area contributed by atoms with Gasteiger partial charge in [-0.25, -0.2) is 4.98 Å². The molecule has 0 radical (unpaired) electrons. The van der Waals surface area contributed by atoms with Gasteiger partial charge in [0.15, 0.2) is 0 Å². The number of fused-ring (bicyclic) bond motifs is 3. The topological polar surface area (TPSA) is 95.4 Å². The molecule has 45 heavy (non-hydrogen) atoms. The first-order chi connectivity index (χ1) is 21.4. The van der Waals surface area contributed by atoms with E-state index >= 15 is 0 Å². The maximum Gasteiger partial charge on any atom is 0.573 e. The highest BCUT2D eigenvalue weighted by molar-refractivity contribution is 5.86. The van der Waals surface area contributed by atoms with Gasteiger partial charge in [0, 0.05) is 47.0 Å². The van der Waals surface area contributed by atoms with Crippen molar-refractivity contribution < 1.29 is 42.0 Å². The molecule has 2 aromatic heterocycles. The SMILES string of the molecule is COc1cc2c(c(OC)n1)-c1c(OC)cccc1C(c1cc(-c3ccc(OC(F)(F)F)cc3)cnc1OC)C2(O)CCN(C)C. The third-order valence-corrected chi connectivity index (χ3v) is 7.89. The van der Waals surface area contributed by atoms with Crippen LogP contribution in [0.1, 0.15) is 29.0 Å². The zero-order valence-corrected chi connectivity index (χ0v) is 25.7. The third kappa shape index (κ3) is 6.07. The second-order valence-electron chi connectivity index (χ2n) is 10.8. The van der Waals surface area contributed by atoms with Crippen LogP contribution in [0, 0.1) is 0 Å². The number of methoxy groups -OCH3 is 4. The summed E-state index contributed by atoms with van der Waals surface area (Å²) in [4.78, 5) is 11.1. The van der Waals surface area contributed by atoms with Crippen LogP contribution in [0.5, 0.6) is 29.1 Å². The molecule has 2 aromatic carbocycles. The van der Waals surface area contributed by atoms with Crippen LogP contribution in [-0.2, 0) is 5.60 Å². The molecule has 9 nitrogen and oxygen atoms in total. The van der Waals surface area contributed by atoms with Crippen LogP contribution in [0.4, 0.5) is 13.2 Å². The minimum atomic E-state index is -4.81. The van der Waals surface area contributed by atoms with E-state index in [9.17, 15) is 18.3 Å². The molecule has 0 fully saturated rings. The third-order valence-electron chi connectivity index (χ3n) is 7.89. The van der Waals surface area contributed by atoms with Gasteiger partial charge in [0.1, 0.15) is 17.1 Å². The lowest BCUT2D eigenvalue weighted by Crippen LogP contribution is -2.40. The number of aliphatic hydroxyl groups is 1. The van der Waals surface area contributed by atoms with Gasteiger partial charge in [-0.05, 0) is 55.9 Å². The highest BCUT2D eigenvalue weighted by Crippen LogP contribution is 2.59. The number of pyridine rings is 2. The molecule has 1 N–H and O–H groups in total. The number of ether oxygens (including phenoxy) is 5. The molecule has 0 saturated heterocycles. The van der Waals surface area contributed by atoms with E-state index in [1.54, 1.807) is 19.4 Å². The molecule has 1 aliphatic carbocycles. The van der Waals surface area contributed by atoms with Gasteiger partial charge in [-0.2, -0.15) is 4.98 Å². The van der Waals surface area contributed by atoms with Gasteiger partial charge >= 0.3 is 6.36 Å². The van der Waals surface area contributed by atoms with Crippen LogP contribution < -0.4 is 23.7 Å². The Balaban J connectivity index is 1.79. The Morgan fingerprint density at radius 2 is 1.56 bits per heavy atom. The number of nitrogens with zero attached hydrogens (tertiary/aromatic N) is 3. The minimum absolute atomic E-state index is 0.256. The molecule has 0 spiro atoms. The molecular weight excluding hydrogens is 591 g/mol. The van der Waals surface area contributed by atoms with Crippen LogP contribution in [0.3, 0.4) is 0 Å². The van der Waals surface area contributed by atoms with E-state index in [-0.39, 0.29) is 29.8 Å². The molecular formula is C33H34F3N3O6. The molecule has 2 unspecified atom stereocenters. The Kier molecular flexibility index (Phi) is 8.81. The van der Waals surface area contributed by atoms with Gasteiger partial charge < -0.3 is 33.7 Å². The van der Waals surface area contributed by atoms with Gasteiger partial charge in [-0.1, -0.05) is 24.3 Å². The fourth-order valence-corrected chi connectivity index (χ4v) is 5.92. The van der Waals surface area contributed by atoms with Crippen LogP contribution in [0.2, 0.25) is 0 Å². The summed E-state index contributed by atoms with van der Waals surface area (Å²) in [6, 6.07) is 14.6. The second kappa shape index (κ2) is 12.4. The first-order valence-electron chi connectivity index (χ1n) is 14.0. The van der Waals surface area contributed by atoms with E-state index in [0.29, 0.717) is 45.7 Å². The van der Waals surface area contributed by atoms with Crippen molar-refractivity contribution in [3.8, 4) is 51.4 Å². The van der Waals surface area contributed by atoms with Crippen molar-refractivity contribution in [3.05, 3.63) is 77.5 Å². The molecule has 1 aliphatic rings. The molecule has 12 heteroatoms. The number of alkyl halides is 3. The Morgan fingerprint density at radius 3 is 2.16 bits per heavy atom. The Labute approximate surface area is 259 Å². The van der Waals surface area contributed by atoms with E-state index in [0.717, 1.165) is 5.56 Å². The van der Waals surface area contributed by atoms with Crippen molar-refractivity contribution in [1.82, 2.24) is 14.9 Å². The fourth-order valence-electron chi connectivity index (χ4n) is 5.92. The molecule has 0 bridgehead atoms. The zero-order valence-electron chi connectivity index (χ0n) is 25.7. The number of benzene rings is 2. The van der Waals surface area contributed by atoms with Gasteiger partial charge in [0.05, 0.1) is 34.0 Å². The predicted molar refractivity (Wildman–Crippen MR) is 161 cm³/mol. The number of rotatable bonds is 10. The molecule has 2 atom stereocenters. The molecule has 5 rings (SSSR count). The highest BCUT2D eigenvalue weighted by atomic mass is 19.4. The largest absolute Gasteiger partial charge is 0.573 e. The molecule has 238 valence electrons. The number of hydrogen-bond acceptors (Lipinski definition) is 9. The van der Waals surface area contributed by atoms with Gasteiger partial charge in [0.25, 0.3) is 0 Å². The number of hydrogen-bond donors (Lipinski definition) is 1. The van der Waals surface area contributed by atoms with E-state index in [1.807, 2.05) is 43.3 Å². The van der Waals surface area contributed by atoms with Crippen LogP contribution >= 0.6 is 0 Å². The summed E-state index contributed by atoms with van der Waals surface area (Å²) in [6.45, 7) is 0.509. The fraction of sp³-hybridized carbons (Fsp3) is 0.333. The average Bonchev–Trinajstić information content (AvgIpc) is 3.02. The normalized spacial score (nSPS) is 17.4. The van der Waals surface area contributed by atoms with Gasteiger partial charge in [0.2, 0.25) is 17.6 Å². The standard InChI is InChI=1S/C33H34F3N3O6/c1-39(2)15-14-32(40)24-17-26(42-4)38-31(44-6)28(24)27-22(8-7-9-25(27)41-3)29(32)23-16-20(18-37-30(23)43-5)19-10-12-21(13-11-19)45-33(34,35)36/h7-13,16-18,29,40H,14-15H2,1-6H3. The van der Waals surface area contributed by atoms with E-state index in [2.05, 4.69) is 14.7 Å². The molecule has 4 aromatic rings. The van der Waals surface area contributed by atoms with Crippen molar-refractivity contribution in [2.75, 3.05) is 49.1 Å². The Morgan fingerprint density at radius 1 is 0.844 bits per heavy atom.